The molecule has 0 heteroatoms. The summed E-state index contributed by atoms with van der Waals surface area (Å²) < 4.78 is 0. The first-order chi connectivity index (χ1) is 12.5. The van der Waals surface area contributed by atoms with E-state index in [4.69, 9.17) is 0 Å². The van der Waals surface area contributed by atoms with Crippen LogP contribution in [-0.4, -0.2) is 0 Å². The second-order valence-electron chi connectivity index (χ2n) is 13.0. The summed E-state index contributed by atoms with van der Waals surface area (Å²) in [7, 11) is 0. The molecule has 0 aromatic rings. The molecule has 0 radical (unpaired) electrons. The summed E-state index contributed by atoms with van der Waals surface area (Å²) in [5.41, 5.74) is 2.23. The zero-order chi connectivity index (χ0) is 20.0. The van der Waals surface area contributed by atoms with Crippen LogP contribution in [0.5, 0.6) is 0 Å². The summed E-state index contributed by atoms with van der Waals surface area (Å²) in [4.78, 5) is 0. The zero-order valence-electron chi connectivity index (χ0n) is 20.0. The van der Waals surface area contributed by atoms with E-state index in [1.54, 1.807) is 0 Å². The zero-order valence-corrected chi connectivity index (χ0v) is 20.0. The van der Waals surface area contributed by atoms with E-state index in [-0.39, 0.29) is 0 Å². The third-order valence-corrected chi connectivity index (χ3v) is 12.6. The minimum absolute atomic E-state index is 0.550. The van der Waals surface area contributed by atoms with Gasteiger partial charge in [-0.05, 0) is 102 Å². The van der Waals surface area contributed by atoms with Gasteiger partial charge in [0.15, 0.2) is 0 Å². The molecule has 0 aromatic carbocycles. The van der Waals surface area contributed by atoms with Gasteiger partial charge >= 0.3 is 0 Å². The molecule has 0 aliphatic heterocycles. The van der Waals surface area contributed by atoms with E-state index in [1.807, 2.05) is 0 Å². The molecule has 0 bridgehead atoms. The van der Waals surface area contributed by atoms with E-state index in [0.717, 1.165) is 41.4 Å². The fourth-order valence-corrected chi connectivity index (χ4v) is 10.8. The van der Waals surface area contributed by atoms with E-state index in [2.05, 4.69) is 62.3 Å². The van der Waals surface area contributed by atoms with Crippen molar-refractivity contribution in [1.82, 2.24) is 0 Å². The van der Waals surface area contributed by atoms with E-state index in [9.17, 15) is 0 Å². The Kier molecular flexibility index (Phi) is 4.51. The molecule has 0 nitrogen and oxygen atoms in total. The molecule has 4 fully saturated rings. The SMILES string of the molecule is CC[C@@]1(C)C2CC[C@]3(C)C(C[C@@H](C)C4C(C)CC(C)[C@@]43C)[C@@]2(C)CC[C@@H]1C. The Morgan fingerprint density at radius 3 is 2.00 bits per heavy atom. The highest BCUT2D eigenvalue weighted by Gasteiger charge is 2.70. The monoisotopic (exact) mass is 372 g/mol. The van der Waals surface area contributed by atoms with Gasteiger partial charge in [0.05, 0.1) is 0 Å². The Bertz CT molecular complexity index is 593. The molecule has 4 aliphatic rings. The standard InChI is InChI=1S/C27H48/c1-10-24(6)19(4)11-13-25(7)21(24)12-14-26(8)22(25)16-18(3)23-17(2)15-20(5)27(23,26)9/h17-23H,10-16H2,1-9H3/t17?,18-,19+,20?,21?,22?,23?,24-,25+,26-,27+/m1/s1. The highest BCUT2D eigenvalue weighted by Crippen LogP contribution is 2.77. The van der Waals surface area contributed by atoms with E-state index < -0.39 is 0 Å². The first-order valence-electron chi connectivity index (χ1n) is 12.5. The molecule has 0 amide bonds. The van der Waals surface area contributed by atoms with Gasteiger partial charge in [-0.1, -0.05) is 68.7 Å². The highest BCUT2D eigenvalue weighted by molar-refractivity contribution is 5.19. The number of hydrogen-bond donors (Lipinski definition) is 0. The molecule has 4 saturated carbocycles. The second kappa shape index (κ2) is 6.01. The summed E-state index contributed by atoms with van der Waals surface area (Å²) in [5, 5.41) is 0. The molecular formula is C27H48. The third kappa shape index (κ3) is 2.23. The van der Waals surface area contributed by atoms with Crippen molar-refractivity contribution in [3.05, 3.63) is 0 Å². The molecule has 11 atom stereocenters. The van der Waals surface area contributed by atoms with Gasteiger partial charge < -0.3 is 0 Å². The van der Waals surface area contributed by atoms with E-state index in [0.29, 0.717) is 21.7 Å². The van der Waals surface area contributed by atoms with Crippen molar-refractivity contribution < 1.29 is 0 Å². The maximum Gasteiger partial charge on any atom is -0.0210 e. The summed E-state index contributed by atoms with van der Waals surface area (Å²) in [6.07, 6.45) is 10.3. The Morgan fingerprint density at radius 1 is 0.741 bits per heavy atom. The van der Waals surface area contributed by atoms with Gasteiger partial charge in [0.2, 0.25) is 0 Å². The van der Waals surface area contributed by atoms with Gasteiger partial charge in [0.25, 0.3) is 0 Å². The first kappa shape index (κ1) is 20.3. The Labute approximate surface area is 170 Å². The fraction of sp³-hybridized carbons (Fsp3) is 1.00. The first-order valence-corrected chi connectivity index (χ1v) is 12.5. The molecule has 0 aromatic heterocycles. The highest BCUT2D eigenvalue weighted by atomic mass is 14.7. The van der Waals surface area contributed by atoms with Crippen LogP contribution in [0.4, 0.5) is 0 Å². The number of hydrogen-bond acceptors (Lipinski definition) is 0. The minimum atomic E-state index is 0.550. The molecule has 0 heterocycles. The molecular weight excluding hydrogens is 324 g/mol. The summed E-state index contributed by atoms with van der Waals surface area (Å²) in [5.74, 6) is 6.47. The molecule has 156 valence electrons. The van der Waals surface area contributed by atoms with Gasteiger partial charge in [0, 0.05) is 0 Å². The predicted octanol–water partition coefficient (Wildman–Crippen LogP) is 8.21. The predicted molar refractivity (Wildman–Crippen MR) is 118 cm³/mol. The minimum Gasteiger partial charge on any atom is -0.0648 e. The fourth-order valence-electron chi connectivity index (χ4n) is 10.8. The van der Waals surface area contributed by atoms with Gasteiger partial charge in [-0.15, -0.1) is 0 Å². The van der Waals surface area contributed by atoms with Gasteiger partial charge in [-0.3, -0.25) is 0 Å². The van der Waals surface area contributed by atoms with Gasteiger partial charge in [-0.25, -0.2) is 0 Å². The van der Waals surface area contributed by atoms with Crippen molar-refractivity contribution in [2.24, 2.45) is 63.1 Å². The van der Waals surface area contributed by atoms with Crippen LogP contribution in [0.2, 0.25) is 0 Å². The van der Waals surface area contributed by atoms with Crippen molar-refractivity contribution in [2.45, 2.75) is 107 Å². The van der Waals surface area contributed by atoms with Crippen LogP contribution < -0.4 is 0 Å². The van der Waals surface area contributed by atoms with Crippen LogP contribution in [-0.2, 0) is 0 Å². The molecule has 4 rings (SSSR count). The van der Waals surface area contributed by atoms with Crippen LogP contribution in [0.1, 0.15) is 107 Å². The van der Waals surface area contributed by atoms with Gasteiger partial charge in [-0.2, -0.15) is 0 Å². The van der Waals surface area contributed by atoms with E-state index >= 15 is 0 Å². The van der Waals surface area contributed by atoms with Crippen LogP contribution in [0, 0.1) is 63.1 Å². The topological polar surface area (TPSA) is 0 Å². The van der Waals surface area contributed by atoms with Crippen molar-refractivity contribution in [3.63, 3.8) is 0 Å². The Hall–Kier alpha value is 0. The maximum atomic E-state index is 2.77. The summed E-state index contributed by atoms with van der Waals surface area (Å²) in [6, 6.07) is 0. The normalized spacial score (nSPS) is 63.2. The Balaban J connectivity index is 1.81. The Morgan fingerprint density at radius 2 is 1.37 bits per heavy atom. The lowest BCUT2D eigenvalue weighted by Gasteiger charge is -2.72. The molecule has 27 heavy (non-hydrogen) atoms. The van der Waals surface area contributed by atoms with Crippen LogP contribution in [0.3, 0.4) is 0 Å². The van der Waals surface area contributed by atoms with Crippen LogP contribution in [0.15, 0.2) is 0 Å². The smallest absolute Gasteiger partial charge is 0.0210 e. The van der Waals surface area contributed by atoms with Gasteiger partial charge in [0.1, 0.15) is 0 Å². The van der Waals surface area contributed by atoms with Crippen molar-refractivity contribution in [1.29, 1.82) is 0 Å². The lowest BCUT2D eigenvalue weighted by atomic mass is 9.33. The lowest BCUT2D eigenvalue weighted by molar-refractivity contribution is -0.233. The van der Waals surface area contributed by atoms with E-state index in [1.165, 1.54) is 44.9 Å². The van der Waals surface area contributed by atoms with Crippen molar-refractivity contribution in [3.8, 4) is 0 Å². The van der Waals surface area contributed by atoms with Crippen molar-refractivity contribution in [2.75, 3.05) is 0 Å². The number of fused-ring (bicyclic) bond motifs is 5. The quantitative estimate of drug-likeness (QED) is 0.435. The molecule has 0 saturated heterocycles. The molecule has 4 aliphatic carbocycles. The third-order valence-electron chi connectivity index (χ3n) is 12.6. The summed E-state index contributed by atoms with van der Waals surface area (Å²) >= 11 is 0. The average molecular weight is 373 g/mol. The summed E-state index contributed by atoms with van der Waals surface area (Å²) in [6.45, 7) is 23.8. The largest absolute Gasteiger partial charge is 0.0648 e. The lowest BCUT2D eigenvalue weighted by Crippen LogP contribution is -2.65. The molecule has 5 unspecified atom stereocenters. The number of rotatable bonds is 1. The van der Waals surface area contributed by atoms with Crippen LogP contribution >= 0.6 is 0 Å². The van der Waals surface area contributed by atoms with Crippen molar-refractivity contribution >= 4 is 0 Å². The average Bonchev–Trinajstić information content (AvgIpc) is 2.85. The molecule has 0 N–H and O–H groups in total. The van der Waals surface area contributed by atoms with Crippen LogP contribution in [0.25, 0.3) is 0 Å². The second-order valence-corrected chi connectivity index (χ2v) is 13.0. The molecule has 0 spiro atoms. The maximum absolute atomic E-state index is 2.77.